The van der Waals surface area contributed by atoms with Crippen LogP contribution in [0.5, 0.6) is 5.75 Å². The Balaban J connectivity index is 1.85. The lowest BCUT2D eigenvalue weighted by Crippen LogP contribution is -2.29. The van der Waals surface area contributed by atoms with E-state index in [1.54, 1.807) is 42.5 Å². The summed E-state index contributed by atoms with van der Waals surface area (Å²) < 4.78 is 10.4. The molecule has 7 heteroatoms. The third-order valence-corrected chi connectivity index (χ3v) is 6.29. The average Bonchev–Trinajstić information content (AvgIpc) is 3.21. The lowest BCUT2D eigenvalue weighted by atomic mass is 9.94. The van der Waals surface area contributed by atoms with E-state index in [4.69, 9.17) is 9.47 Å². The summed E-state index contributed by atoms with van der Waals surface area (Å²) >= 11 is 0. The van der Waals surface area contributed by atoms with Crippen molar-refractivity contribution in [1.29, 1.82) is 0 Å². The predicted molar refractivity (Wildman–Crippen MR) is 141 cm³/mol. The van der Waals surface area contributed by atoms with Crippen LogP contribution in [0.1, 0.15) is 53.4 Å². The molecule has 1 amide bonds. The van der Waals surface area contributed by atoms with Gasteiger partial charge in [-0.15, -0.1) is 0 Å². The van der Waals surface area contributed by atoms with Crippen molar-refractivity contribution in [2.75, 3.05) is 18.6 Å². The van der Waals surface area contributed by atoms with Gasteiger partial charge in [0.05, 0.1) is 30.9 Å². The molecule has 0 radical (unpaired) electrons. The van der Waals surface area contributed by atoms with Gasteiger partial charge in [0.15, 0.2) is 0 Å². The Kier molecular flexibility index (Phi) is 7.72. The third kappa shape index (κ3) is 5.11. The first-order chi connectivity index (χ1) is 17.9. The predicted octanol–water partition coefficient (Wildman–Crippen LogP) is 5.45. The van der Waals surface area contributed by atoms with Crippen LogP contribution in [0.15, 0.2) is 78.4 Å². The highest BCUT2D eigenvalue weighted by atomic mass is 16.5. The van der Waals surface area contributed by atoms with Gasteiger partial charge in [-0.2, -0.15) is 0 Å². The van der Waals surface area contributed by atoms with Gasteiger partial charge in [0.25, 0.3) is 11.7 Å². The Labute approximate surface area is 215 Å². The second-order valence-corrected chi connectivity index (χ2v) is 8.68. The van der Waals surface area contributed by atoms with Crippen molar-refractivity contribution in [3.63, 3.8) is 0 Å². The number of Topliss-reactive ketones (excluding diaryl/α,β-unsaturated/α-hetero) is 1. The van der Waals surface area contributed by atoms with Gasteiger partial charge in [-0.3, -0.25) is 14.5 Å². The zero-order valence-electron chi connectivity index (χ0n) is 21.1. The summed E-state index contributed by atoms with van der Waals surface area (Å²) in [5, 5.41) is 11.3. The molecule has 37 heavy (non-hydrogen) atoms. The minimum atomic E-state index is -0.894. The van der Waals surface area contributed by atoms with Gasteiger partial charge in [-0.25, -0.2) is 4.79 Å². The summed E-state index contributed by atoms with van der Waals surface area (Å²) in [5.74, 6) is -1.80. The van der Waals surface area contributed by atoms with Crippen LogP contribution in [0.25, 0.3) is 5.76 Å². The van der Waals surface area contributed by atoms with Gasteiger partial charge in [-0.1, -0.05) is 44.2 Å². The Morgan fingerprint density at radius 2 is 1.65 bits per heavy atom. The van der Waals surface area contributed by atoms with Crippen LogP contribution >= 0.6 is 0 Å². The van der Waals surface area contributed by atoms with Gasteiger partial charge in [0, 0.05) is 11.3 Å². The highest BCUT2D eigenvalue weighted by Gasteiger charge is 2.47. The minimum Gasteiger partial charge on any atom is -0.507 e. The number of ketones is 1. The summed E-state index contributed by atoms with van der Waals surface area (Å²) in [6.45, 7) is 4.61. The number of rotatable bonds is 8. The first-order valence-electron chi connectivity index (χ1n) is 12.2. The Morgan fingerprint density at radius 1 is 0.946 bits per heavy atom. The lowest BCUT2D eigenvalue weighted by molar-refractivity contribution is -0.132. The Morgan fingerprint density at radius 3 is 2.27 bits per heavy atom. The molecule has 1 heterocycles. The second-order valence-electron chi connectivity index (χ2n) is 8.68. The van der Waals surface area contributed by atoms with Crippen LogP contribution in [0.4, 0.5) is 5.69 Å². The number of nitrogens with zero attached hydrogens (tertiary/aromatic N) is 1. The number of carbonyl (C=O) groups excluding carboxylic acids is 3. The van der Waals surface area contributed by atoms with E-state index >= 15 is 0 Å². The Bertz CT molecular complexity index is 1340. The molecule has 1 aliphatic rings. The number of amides is 1. The van der Waals surface area contributed by atoms with Crippen LogP contribution in [0.2, 0.25) is 0 Å². The summed E-state index contributed by atoms with van der Waals surface area (Å²) in [6.07, 6.45) is 1.69. The van der Waals surface area contributed by atoms with E-state index in [2.05, 4.69) is 0 Å². The molecular formula is C30H29NO6. The van der Waals surface area contributed by atoms with Crippen molar-refractivity contribution >= 4 is 29.1 Å². The molecule has 190 valence electrons. The van der Waals surface area contributed by atoms with Gasteiger partial charge < -0.3 is 14.6 Å². The fourth-order valence-electron chi connectivity index (χ4n) is 4.33. The number of aliphatic hydroxyl groups is 1. The summed E-state index contributed by atoms with van der Waals surface area (Å²) in [6, 6.07) is 19.7. The molecule has 3 aromatic carbocycles. The van der Waals surface area contributed by atoms with E-state index in [0.717, 1.165) is 18.4 Å². The number of aliphatic hydroxyl groups excluding tert-OH is 1. The molecule has 1 saturated heterocycles. The zero-order valence-corrected chi connectivity index (χ0v) is 21.1. The van der Waals surface area contributed by atoms with Crippen LogP contribution in [-0.4, -0.2) is 36.5 Å². The standard InChI is InChI=1S/C30H29NO6/c1-4-17-37-24-15-13-21(14-16-24)27(32)25-26(20-11-9-19(5-2)10-12-20)31(29(34)28(25)33)23-8-6-7-22(18-23)30(35)36-3/h6-16,18,26,32H,4-5,17H2,1-3H3/b27-25+. The zero-order chi connectivity index (χ0) is 26.5. The van der Waals surface area contributed by atoms with E-state index in [-0.39, 0.29) is 16.9 Å². The molecule has 3 aromatic rings. The van der Waals surface area contributed by atoms with Crippen molar-refractivity contribution in [1.82, 2.24) is 0 Å². The molecule has 1 fully saturated rings. The van der Waals surface area contributed by atoms with Crippen LogP contribution in [-0.2, 0) is 20.7 Å². The highest BCUT2D eigenvalue weighted by molar-refractivity contribution is 6.51. The van der Waals surface area contributed by atoms with E-state index < -0.39 is 23.7 Å². The number of carbonyl (C=O) groups is 3. The largest absolute Gasteiger partial charge is 0.507 e. The topological polar surface area (TPSA) is 93.1 Å². The molecule has 0 aliphatic carbocycles. The maximum absolute atomic E-state index is 13.4. The van der Waals surface area contributed by atoms with Crippen LogP contribution in [0.3, 0.4) is 0 Å². The summed E-state index contributed by atoms with van der Waals surface area (Å²) in [4.78, 5) is 40.2. The SMILES string of the molecule is CCCOc1ccc(/C(O)=C2\C(=O)C(=O)N(c3cccc(C(=O)OC)c3)C2c2ccc(CC)cc2)cc1. The first kappa shape index (κ1) is 25.7. The fraction of sp³-hybridized carbons (Fsp3) is 0.233. The summed E-state index contributed by atoms with van der Waals surface area (Å²) in [5.41, 5.74) is 2.70. The van der Waals surface area contributed by atoms with E-state index in [1.165, 1.54) is 18.1 Å². The lowest BCUT2D eigenvalue weighted by Gasteiger charge is -2.26. The second kappa shape index (κ2) is 11.1. The number of benzene rings is 3. The fourth-order valence-corrected chi connectivity index (χ4v) is 4.33. The van der Waals surface area contributed by atoms with Crippen molar-refractivity contribution in [3.8, 4) is 5.75 Å². The van der Waals surface area contributed by atoms with Crippen LogP contribution in [0, 0.1) is 0 Å². The Hall–Kier alpha value is -4.39. The van der Waals surface area contributed by atoms with Crippen molar-refractivity contribution < 1.29 is 29.0 Å². The van der Waals surface area contributed by atoms with Crippen molar-refractivity contribution in [2.45, 2.75) is 32.7 Å². The average molecular weight is 500 g/mol. The summed E-state index contributed by atoms with van der Waals surface area (Å²) in [7, 11) is 1.27. The monoisotopic (exact) mass is 499 g/mol. The molecule has 1 atom stereocenters. The molecule has 1 N–H and O–H groups in total. The molecule has 1 unspecified atom stereocenters. The smallest absolute Gasteiger partial charge is 0.337 e. The maximum atomic E-state index is 13.4. The molecule has 1 aliphatic heterocycles. The van der Waals surface area contributed by atoms with Crippen molar-refractivity contribution in [2.24, 2.45) is 0 Å². The number of hydrogen-bond acceptors (Lipinski definition) is 6. The number of esters is 1. The first-order valence-corrected chi connectivity index (χ1v) is 12.2. The number of ether oxygens (including phenoxy) is 2. The molecule has 0 aromatic heterocycles. The third-order valence-electron chi connectivity index (χ3n) is 6.29. The molecular weight excluding hydrogens is 470 g/mol. The number of hydrogen-bond donors (Lipinski definition) is 1. The van der Waals surface area contributed by atoms with Gasteiger partial charge >= 0.3 is 5.97 Å². The molecule has 0 saturated carbocycles. The van der Waals surface area contributed by atoms with Crippen LogP contribution < -0.4 is 9.64 Å². The highest BCUT2D eigenvalue weighted by Crippen LogP contribution is 2.42. The number of anilines is 1. The van der Waals surface area contributed by atoms with E-state index in [0.29, 0.717) is 29.2 Å². The maximum Gasteiger partial charge on any atom is 0.337 e. The van der Waals surface area contributed by atoms with Gasteiger partial charge in [-0.05, 0) is 66.4 Å². The number of methoxy groups -OCH3 is 1. The minimum absolute atomic E-state index is 0.0278. The van der Waals surface area contributed by atoms with E-state index in [1.807, 2.05) is 38.1 Å². The normalized spacial score (nSPS) is 16.6. The van der Waals surface area contributed by atoms with Gasteiger partial charge in [0.2, 0.25) is 0 Å². The molecule has 0 spiro atoms. The van der Waals surface area contributed by atoms with Crippen molar-refractivity contribution in [3.05, 3.63) is 101 Å². The molecule has 7 nitrogen and oxygen atoms in total. The number of aryl methyl sites for hydroxylation is 1. The molecule has 0 bridgehead atoms. The van der Waals surface area contributed by atoms with E-state index in [9.17, 15) is 19.5 Å². The quantitative estimate of drug-likeness (QED) is 0.192. The molecule has 4 rings (SSSR count). The van der Waals surface area contributed by atoms with Gasteiger partial charge in [0.1, 0.15) is 11.5 Å².